The predicted molar refractivity (Wildman–Crippen MR) is 120 cm³/mol. The molecule has 1 fully saturated rings. The van der Waals surface area contributed by atoms with Crippen LogP contribution in [0, 0.1) is 5.92 Å². The number of hydrogen-bond donors (Lipinski definition) is 2. The van der Waals surface area contributed by atoms with Crippen LogP contribution >= 0.6 is 46.7 Å². The maximum atomic E-state index is 4.34. The standard InChI is InChI=1S/C18H26N4S2.HI/c1-19-18(21-11-16-6-9-23-14-16)20-10-15-4-2-7-22(12-15)13-17-5-3-8-24-17;/h3,5-6,8-9,14-15H,2,4,7,10-13H2,1H3,(H2,19,20,21);1H. The van der Waals surface area contributed by atoms with Crippen LogP contribution in [0.3, 0.4) is 0 Å². The van der Waals surface area contributed by atoms with Crippen molar-refractivity contribution < 1.29 is 0 Å². The maximum absolute atomic E-state index is 4.34. The van der Waals surface area contributed by atoms with Crippen molar-refractivity contribution in [3.63, 3.8) is 0 Å². The van der Waals surface area contributed by atoms with Crippen LogP contribution in [0.4, 0.5) is 0 Å². The molecule has 0 aliphatic carbocycles. The van der Waals surface area contributed by atoms with Crippen LogP contribution in [0.1, 0.15) is 23.3 Å². The summed E-state index contributed by atoms with van der Waals surface area (Å²) >= 11 is 3.59. The van der Waals surface area contributed by atoms with E-state index in [1.165, 1.54) is 36.4 Å². The third kappa shape index (κ3) is 6.88. The van der Waals surface area contributed by atoms with E-state index < -0.39 is 0 Å². The van der Waals surface area contributed by atoms with E-state index in [9.17, 15) is 0 Å². The Labute approximate surface area is 175 Å². The lowest BCUT2D eigenvalue weighted by atomic mass is 9.98. The minimum Gasteiger partial charge on any atom is -0.356 e. The van der Waals surface area contributed by atoms with Gasteiger partial charge in [-0.3, -0.25) is 9.89 Å². The third-order valence-electron chi connectivity index (χ3n) is 4.38. The van der Waals surface area contributed by atoms with E-state index in [4.69, 9.17) is 0 Å². The number of nitrogens with zero attached hydrogens (tertiary/aromatic N) is 2. The van der Waals surface area contributed by atoms with Gasteiger partial charge >= 0.3 is 0 Å². The molecule has 1 saturated heterocycles. The van der Waals surface area contributed by atoms with Gasteiger partial charge in [-0.15, -0.1) is 35.3 Å². The normalized spacial score (nSPS) is 18.6. The van der Waals surface area contributed by atoms with Crippen molar-refractivity contribution in [1.82, 2.24) is 15.5 Å². The van der Waals surface area contributed by atoms with Gasteiger partial charge < -0.3 is 10.6 Å². The number of guanidine groups is 1. The first-order valence-corrected chi connectivity index (χ1v) is 10.4. The van der Waals surface area contributed by atoms with Crippen molar-refractivity contribution in [1.29, 1.82) is 0 Å². The van der Waals surface area contributed by atoms with E-state index in [0.717, 1.165) is 25.6 Å². The Morgan fingerprint density at radius 3 is 2.96 bits per heavy atom. The molecular formula is C18H27IN4S2. The van der Waals surface area contributed by atoms with Crippen LogP contribution in [0.25, 0.3) is 0 Å². The molecule has 1 aliphatic heterocycles. The summed E-state index contributed by atoms with van der Waals surface area (Å²) in [4.78, 5) is 8.39. The Kier molecular flexibility index (Phi) is 9.22. The first-order chi connectivity index (χ1) is 11.8. The zero-order valence-electron chi connectivity index (χ0n) is 14.6. The number of rotatable bonds is 6. The highest BCUT2D eigenvalue weighted by Gasteiger charge is 2.20. The number of aliphatic imine (C=N–C) groups is 1. The summed E-state index contributed by atoms with van der Waals surface area (Å²) in [6.07, 6.45) is 2.59. The highest BCUT2D eigenvalue weighted by atomic mass is 127. The van der Waals surface area contributed by atoms with E-state index >= 15 is 0 Å². The molecule has 0 amide bonds. The molecule has 0 radical (unpaired) electrons. The molecule has 7 heteroatoms. The fourth-order valence-corrected chi connectivity index (χ4v) is 4.54. The zero-order valence-corrected chi connectivity index (χ0v) is 18.6. The highest BCUT2D eigenvalue weighted by Crippen LogP contribution is 2.19. The fraction of sp³-hybridized carbons (Fsp3) is 0.500. The van der Waals surface area contributed by atoms with Gasteiger partial charge in [0.1, 0.15) is 0 Å². The lowest BCUT2D eigenvalue weighted by Gasteiger charge is -2.32. The van der Waals surface area contributed by atoms with Crippen molar-refractivity contribution in [2.24, 2.45) is 10.9 Å². The monoisotopic (exact) mass is 490 g/mol. The van der Waals surface area contributed by atoms with Crippen molar-refractivity contribution in [3.8, 4) is 0 Å². The van der Waals surface area contributed by atoms with Gasteiger partial charge in [-0.05, 0) is 59.1 Å². The SMILES string of the molecule is CN=C(NCc1ccsc1)NCC1CCCN(Cc2cccs2)C1.I. The second-order valence-corrected chi connectivity index (χ2v) is 8.07. The molecule has 1 unspecified atom stereocenters. The quantitative estimate of drug-likeness (QED) is 0.365. The highest BCUT2D eigenvalue weighted by molar-refractivity contribution is 14.0. The molecule has 3 rings (SSSR count). The van der Waals surface area contributed by atoms with Gasteiger partial charge in [-0.2, -0.15) is 11.3 Å². The Morgan fingerprint density at radius 1 is 1.32 bits per heavy atom. The zero-order chi connectivity index (χ0) is 16.6. The van der Waals surface area contributed by atoms with Crippen LogP contribution in [-0.4, -0.2) is 37.5 Å². The second kappa shape index (κ2) is 11.2. The number of piperidine rings is 1. The maximum Gasteiger partial charge on any atom is 0.191 e. The van der Waals surface area contributed by atoms with Gasteiger partial charge in [0.25, 0.3) is 0 Å². The van der Waals surface area contributed by atoms with E-state index in [-0.39, 0.29) is 24.0 Å². The summed E-state index contributed by atoms with van der Waals surface area (Å²) in [6.45, 7) is 5.31. The molecule has 2 aromatic rings. The molecule has 2 N–H and O–H groups in total. The smallest absolute Gasteiger partial charge is 0.191 e. The molecule has 2 aromatic heterocycles. The minimum absolute atomic E-state index is 0. The van der Waals surface area contributed by atoms with Crippen LogP contribution in [-0.2, 0) is 13.1 Å². The summed E-state index contributed by atoms with van der Waals surface area (Å²) in [5.74, 6) is 1.59. The van der Waals surface area contributed by atoms with Crippen molar-refractivity contribution in [2.75, 3.05) is 26.7 Å². The molecule has 0 saturated carbocycles. The lowest BCUT2D eigenvalue weighted by Crippen LogP contribution is -2.44. The van der Waals surface area contributed by atoms with Crippen LogP contribution in [0.5, 0.6) is 0 Å². The Morgan fingerprint density at radius 2 is 2.24 bits per heavy atom. The van der Waals surface area contributed by atoms with Gasteiger partial charge in [0.2, 0.25) is 0 Å². The topological polar surface area (TPSA) is 39.7 Å². The third-order valence-corrected chi connectivity index (χ3v) is 5.98. The Bertz CT molecular complexity index is 613. The van der Waals surface area contributed by atoms with Crippen LogP contribution < -0.4 is 10.6 Å². The summed E-state index contributed by atoms with van der Waals surface area (Å²) in [6, 6.07) is 6.53. The van der Waals surface area contributed by atoms with E-state index in [0.29, 0.717) is 5.92 Å². The summed E-state index contributed by atoms with van der Waals surface area (Å²) in [7, 11) is 1.84. The van der Waals surface area contributed by atoms with Gasteiger partial charge in [0.05, 0.1) is 0 Å². The second-order valence-electron chi connectivity index (χ2n) is 6.26. The van der Waals surface area contributed by atoms with Gasteiger partial charge in [0.15, 0.2) is 5.96 Å². The van der Waals surface area contributed by atoms with Crippen LogP contribution in [0.2, 0.25) is 0 Å². The predicted octanol–water partition coefficient (Wildman–Crippen LogP) is 4.00. The first-order valence-electron chi connectivity index (χ1n) is 8.54. The van der Waals surface area contributed by atoms with Crippen LogP contribution in [0.15, 0.2) is 39.3 Å². The Hall–Kier alpha value is -0.640. The van der Waals surface area contributed by atoms with E-state index in [1.54, 1.807) is 11.3 Å². The Balaban J connectivity index is 0.00000225. The van der Waals surface area contributed by atoms with Gasteiger partial charge in [-0.1, -0.05) is 6.07 Å². The minimum atomic E-state index is 0. The fourth-order valence-electron chi connectivity index (χ4n) is 3.13. The number of thiophene rings is 2. The molecule has 0 spiro atoms. The average molecular weight is 490 g/mol. The molecule has 1 atom stereocenters. The molecule has 138 valence electrons. The number of likely N-dealkylation sites (tertiary alicyclic amines) is 1. The number of hydrogen-bond acceptors (Lipinski definition) is 4. The molecule has 0 aromatic carbocycles. The van der Waals surface area contributed by atoms with Gasteiger partial charge in [0, 0.05) is 38.1 Å². The average Bonchev–Trinajstić information content (AvgIpc) is 3.29. The molecule has 3 heterocycles. The number of halogens is 1. The van der Waals surface area contributed by atoms with E-state index in [1.807, 2.05) is 18.4 Å². The molecule has 0 bridgehead atoms. The van der Waals surface area contributed by atoms with Crippen molar-refractivity contribution in [2.45, 2.75) is 25.9 Å². The molecule has 25 heavy (non-hydrogen) atoms. The summed E-state index contributed by atoms with van der Waals surface area (Å²) in [5, 5.41) is 13.3. The van der Waals surface area contributed by atoms with E-state index in [2.05, 4.69) is 54.9 Å². The lowest BCUT2D eigenvalue weighted by molar-refractivity contribution is 0.169. The largest absolute Gasteiger partial charge is 0.356 e. The van der Waals surface area contributed by atoms with Crippen molar-refractivity contribution >= 4 is 52.6 Å². The molecule has 4 nitrogen and oxygen atoms in total. The van der Waals surface area contributed by atoms with Crippen molar-refractivity contribution in [3.05, 3.63) is 44.8 Å². The molecule has 1 aliphatic rings. The van der Waals surface area contributed by atoms with Gasteiger partial charge in [-0.25, -0.2) is 0 Å². The molecular weight excluding hydrogens is 463 g/mol. The summed E-state index contributed by atoms with van der Waals surface area (Å²) < 4.78 is 0. The first kappa shape index (κ1) is 20.7. The summed E-state index contributed by atoms with van der Waals surface area (Å²) in [5.41, 5.74) is 1.31. The number of nitrogens with one attached hydrogen (secondary N) is 2.